The first-order valence-electron chi connectivity index (χ1n) is 12.4. The van der Waals surface area contributed by atoms with E-state index in [9.17, 15) is 26.4 Å². The lowest BCUT2D eigenvalue weighted by molar-refractivity contribution is -0.139. The van der Waals surface area contributed by atoms with Gasteiger partial charge in [0.2, 0.25) is 11.9 Å². The van der Waals surface area contributed by atoms with Crippen LogP contribution in [0.5, 0.6) is 0 Å². The Hall–Kier alpha value is -2.21. The molecule has 1 aliphatic carbocycles. The van der Waals surface area contributed by atoms with Gasteiger partial charge in [-0.15, -0.1) is 11.3 Å². The standard InChI is InChI=1S/C22H25F3N4O3S2.C2H6/c23-22(24,25)16-11-26-21(27-12-16)28-7-8-29(20(30)15-5-9-34(31,32)10-6-15)17(13-28)19-4-3-18(33-19)14-1-2-14;1-2/h3-4,11-12,14-15,17H,1-2,5-10,13H2;1-2H3. The van der Waals surface area contributed by atoms with Crippen LogP contribution >= 0.6 is 11.3 Å². The fraction of sp³-hybridized carbons (Fsp3) is 0.625. The maximum Gasteiger partial charge on any atom is 0.419 e. The highest BCUT2D eigenvalue weighted by Crippen LogP contribution is 2.45. The number of amides is 1. The number of alkyl halides is 3. The first kappa shape index (κ1) is 26.8. The summed E-state index contributed by atoms with van der Waals surface area (Å²) in [6.45, 7) is 5.13. The third-order valence-corrected chi connectivity index (χ3v) is 9.84. The lowest BCUT2D eigenvalue weighted by atomic mass is 9.98. The number of anilines is 1. The molecule has 4 heterocycles. The number of carbonyl (C=O) groups excluding carboxylic acids is 1. The molecule has 1 saturated carbocycles. The minimum absolute atomic E-state index is 0.0261. The summed E-state index contributed by atoms with van der Waals surface area (Å²) in [6.07, 6.45) is 0.0452. The van der Waals surface area contributed by atoms with Gasteiger partial charge in [0, 0.05) is 47.7 Å². The Labute approximate surface area is 213 Å². The van der Waals surface area contributed by atoms with Crippen LogP contribution in [0.15, 0.2) is 24.5 Å². The van der Waals surface area contributed by atoms with Crippen LogP contribution < -0.4 is 4.90 Å². The molecule has 0 spiro atoms. The number of aromatic nitrogens is 2. The van der Waals surface area contributed by atoms with E-state index in [1.165, 1.54) is 4.88 Å². The SMILES string of the molecule is CC.O=C(C1CCS(=O)(=O)CC1)N1CCN(c2ncc(C(F)(F)F)cn2)CC1c1ccc(C2CC2)s1. The fourth-order valence-corrected chi connectivity index (χ4v) is 7.38. The minimum Gasteiger partial charge on any atom is -0.337 e. The molecular formula is C24H31F3N4O3S2. The lowest BCUT2D eigenvalue weighted by Gasteiger charge is -2.42. The van der Waals surface area contributed by atoms with Gasteiger partial charge in [-0.1, -0.05) is 13.8 Å². The summed E-state index contributed by atoms with van der Waals surface area (Å²) in [5, 5.41) is 0. The van der Waals surface area contributed by atoms with Crippen LogP contribution in [0.2, 0.25) is 0 Å². The molecule has 198 valence electrons. The Kier molecular flexibility index (Phi) is 7.94. The first-order chi connectivity index (χ1) is 17.1. The molecule has 1 unspecified atom stereocenters. The molecule has 1 atom stereocenters. The van der Waals surface area contributed by atoms with Crippen molar-refractivity contribution in [2.75, 3.05) is 36.0 Å². The second-order valence-corrected chi connectivity index (χ2v) is 12.7. The average Bonchev–Trinajstić information content (AvgIpc) is 3.60. The number of hydrogen-bond acceptors (Lipinski definition) is 7. The summed E-state index contributed by atoms with van der Waals surface area (Å²) in [4.78, 5) is 27.3. The molecule has 5 rings (SSSR count). The number of nitrogens with zero attached hydrogens (tertiary/aromatic N) is 4. The molecule has 12 heteroatoms. The molecule has 7 nitrogen and oxygen atoms in total. The summed E-state index contributed by atoms with van der Waals surface area (Å²) in [7, 11) is -3.08. The topological polar surface area (TPSA) is 83.5 Å². The van der Waals surface area contributed by atoms with Crippen LogP contribution in [0.25, 0.3) is 0 Å². The van der Waals surface area contributed by atoms with Crippen molar-refractivity contribution < 1.29 is 26.4 Å². The zero-order valence-electron chi connectivity index (χ0n) is 20.4. The normalized spacial score (nSPS) is 22.6. The smallest absolute Gasteiger partial charge is 0.337 e. The number of rotatable bonds is 4. The van der Waals surface area contributed by atoms with Crippen LogP contribution in [-0.4, -0.2) is 60.3 Å². The molecule has 0 N–H and O–H groups in total. The van der Waals surface area contributed by atoms with Gasteiger partial charge in [0.15, 0.2) is 0 Å². The minimum atomic E-state index is -4.50. The molecule has 1 amide bonds. The van der Waals surface area contributed by atoms with Crippen LogP contribution in [0.3, 0.4) is 0 Å². The molecule has 2 aliphatic heterocycles. The molecule has 3 fully saturated rings. The number of sulfone groups is 1. The van der Waals surface area contributed by atoms with Crippen LogP contribution in [0, 0.1) is 5.92 Å². The third kappa shape index (κ3) is 6.01. The molecule has 0 aromatic carbocycles. The van der Waals surface area contributed by atoms with Crippen molar-refractivity contribution in [3.63, 3.8) is 0 Å². The van der Waals surface area contributed by atoms with Gasteiger partial charge in [-0.05, 0) is 43.7 Å². The van der Waals surface area contributed by atoms with Gasteiger partial charge in [0.1, 0.15) is 9.84 Å². The second-order valence-electron chi connectivity index (χ2n) is 9.20. The van der Waals surface area contributed by atoms with Crippen molar-refractivity contribution in [2.45, 2.75) is 57.7 Å². The predicted molar refractivity (Wildman–Crippen MR) is 133 cm³/mol. The van der Waals surface area contributed by atoms with E-state index >= 15 is 0 Å². The van der Waals surface area contributed by atoms with E-state index in [-0.39, 0.29) is 35.3 Å². The van der Waals surface area contributed by atoms with Gasteiger partial charge in [-0.3, -0.25) is 4.79 Å². The van der Waals surface area contributed by atoms with Crippen LogP contribution in [0.1, 0.15) is 66.8 Å². The van der Waals surface area contributed by atoms with Gasteiger partial charge in [-0.25, -0.2) is 18.4 Å². The summed E-state index contributed by atoms with van der Waals surface area (Å²) < 4.78 is 62.4. The van der Waals surface area contributed by atoms with Crippen LogP contribution in [-0.2, 0) is 20.8 Å². The zero-order chi connectivity index (χ0) is 26.1. The quantitative estimate of drug-likeness (QED) is 0.556. The van der Waals surface area contributed by atoms with Gasteiger partial charge < -0.3 is 9.80 Å². The number of piperazine rings is 1. The Balaban J connectivity index is 0.00000148. The summed E-state index contributed by atoms with van der Waals surface area (Å²) in [5.41, 5.74) is -0.902. The van der Waals surface area contributed by atoms with Crippen molar-refractivity contribution in [1.29, 1.82) is 0 Å². The average molecular weight is 545 g/mol. The Morgan fingerprint density at radius 3 is 2.19 bits per heavy atom. The van der Waals surface area contributed by atoms with Crippen molar-refractivity contribution in [3.05, 3.63) is 39.8 Å². The van der Waals surface area contributed by atoms with E-state index in [1.807, 2.05) is 29.7 Å². The monoisotopic (exact) mass is 544 g/mol. The molecule has 3 aliphatic rings. The molecule has 0 radical (unpaired) electrons. The molecule has 2 saturated heterocycles. The summed E-state index contributed by atoms with van der Waals surface area (Å²) in [6, 6.07) is 3.84. The first-order valence-corrected chi connectivity index (χ1v) is 15.0. The van der Waals surface area contributed by atoms with E-state index in [4.69, 9.17) is 0 Å². The van der Waals surface area contributed by atoms with Gasteiger partial charge in [0.05, 0.1) is 23.1 Å². The Morgan fingerprint density at radius 1 is 1.00 bits per heavy atom. The lowest BCUT2D eigenvalue weighted by Crippen LogP contribution is -2.53. The maximum atomic E-state index is 13.5. The number of thiophene rings is 1. The number of carbonyl (C=O) groups is 1. The van der Waals surface area contributed by atoms with Gasteiger partial charge >= 0.3 is 6.18 Å². The number of hydrogen-bond donors (Lipinski definition) is 0. The van der Waals surface area contributed by atoms with E-state index in [2.05, 4.69) is 16.0 Å². The highest BCUT2D eigenvalue weighted by Gasteiger charge is 2.39. The van der Waals surface area contributed by atoms with Gasteiger partial charge in [0.25, 0.3) is 0 Å². The summed E-state index contributed by atoms with van der Waals surface area (Å²) in [5.74, 6) is 0.450. The maximum absolute atomic E-state index is 13.5. The molecule has 2 aromatic rings. The van der Waals surface area contributed by atoms with Crippen molar-refractivity contribution >= 4 is 33.0 Å². The highest BCUT2D eigenvalue weighted by molar-refractivity contribution is 7.91. The highest BCUT2D eigenvalue weighted by atomic mass is 32.2. The summed E-state index contributed by atoms with van der Waals surface area (Å²) >= 11 is 1.67. The van der Waals surface area contributed by atoms with Crippen LogP contribution in [0.4, 0.5) is 19.1 Å². The van der Waals surface area contributed by atoms with E-state index in [0.29, 0.717) is 38.4 Å². The third-order valence-electron chi connectivity index (χ3n) is 6.77. The van der Waals surface area contributed by atoms with Crippen molar-refractivity contribution in [3.8, 4) is 0 Å². The van der Waals surface area contributed by atoms with E-state index < -0.39 is 21.6 Å². The van der Waals surface area contributed by atoms with Crippen molar-refractivity contribution in [2.24, 2.45) is 5.92 Å². The zero-order valence-corrected chi connectivity index (χ0v) is 22.0. The van der Waals surface area contributed by atoms with E-state index in [1.54, 1.807) is 11.3 Å². The van der Waals surface area contributed by atoms with Crippen molar-refractivity contribution in [1.82, 2.24) is 14.9 Å². The van der Waals surface area contributed by atoms with E-state index in [0.717, 1.165) is 30.1 Å². The van der Waals surface area contributed by atoms with Gasteiger partial charge in [-0.2, -0.15) is 13.2 Å². The predicted octanol–water partition coefficient (Wildman–Crippen LogP) is 4.68. The second kappa shape index (κ2) is 10.6. The molecule has 0 bridgehead atoms. The molecule has 36 heavy (non-hydrogen) atoms. The number of halogens is 3. The fourth-order valence-electron chi connectivity index (χ4n) is 4.61. The molecule has 2 aromatic heterocycles. The largest absolute Gasteiger partial charge is 0.419 e. The molecular weight excluding hydrogens is 513 g/mol. The Bertz CT molecular complexity index is 1150. The Morgan fingerprint density at radius 2 is 1.61 bits per heavy atom.